The summed E-state index contributed by atoms with van der Waals surface area (Å²) in [6.45, 7) is 16.7. The number of nitrogens with zero attached hydrogens (tertiary/aromatic N) is 1. The maximum absolute atomic E-state index is 13.3. The average Bonchev–Trinajstić information content (AvgIpc) is 3.25. The second kappa shape index (κ2) is 14.3. The van der Waals surface area contributed by atoms with E-state index in [1.54, 1.807) is 6.08 Å². The Labute approximate surface area is 252 Å². The molecule has 0 radical (unpaired) electrons. The summed E-state index contributed by atoms with van der Waals surface area (Å²) in [6, 6.07) is 14.0. The first-order valence-corrected chi connectivity index (χ1v) is 23.7. The smallest absolute Gasteiger partial charge is 0.240 e. The van der Waals surface area contributed by atoms with Crippen molar-refractivity contribution in [2.45, 2.75) is 77.2 Å². The van der Waals surface area contributed by atoms with E-state index < -0.39 is 26.2 Å². The molecule has 0 aromatic heterocycles. The molecule has 0 spiro atoms. The largest absolute Gasteiger partial charge is 0.486 e. The van der Waals surface area contributed by atoms with Crippen LogP contribution in [0.15, 0.2) is 46.3 Å². The van der Waals surface area contributed by atoms with Gasteiger partial charge in [0.05, 0.1) is 0 Å². The molecular weight excluding hydrogens is 622 g/mol. The van der Waals surface area contributed by atoms with Crippen molar-refractivity contribution in [2.24, 2.45) is 0 Å². The van der Waals surface area contributed by atoms with E-state index in [4.69, 9.17) is 14.2 Å². The van der Waals surface area contributed by atoms with Crippen molar-refractivity contribution in [3.63, 3.8) is 0 Å². The van der Waals surface area contributed by atoms with Crippen molar-refractivity contribution in [3.8, 4) is 5.75 Å². The zero-order chi connectivity index (χ0) is 29.6. The molecule has 0 bridgehead atoms. The first kappa shape index (κ1) is 33.2. The van der Waals surface area contributed by atoms with E-state index in [1.807, 2.05) is 31.2 Å². The van der Waals surface area contributed by atoms with Crippen molar-refractivity contribution in [2.75, 3.05) is 26.7 Å². The molecule has 0 aliphatic heterocycles. The highest BCUT2D eigenvalue weighted by molar-refractivity contribution is 9.10. The van der Waals surface area contributed by atoms with E-state index >= 15 is 0 Å². The minimum Gasteiger partial charge on any atom is -0.486 e. The van der Waals surface area contributed by atoms with E-state index in [0.29, 0.717) is 13.2 Å². The van der Waals surface area contributed by atoms with Crippen LogP contribution in [0.25, 0.3) is 6.08 Å². The summed E-state index contributed by atoms with van der Waals surface area (Å²) >= 11 is 3.65. The summed E-state index contributed by atoms with van der Waals surface area (Å²) < 4.78 is 47.0. The Kier molecular flexibility index (Phi) is 11.8. The van der Waals surface area contributed by atoms with Gasteiger partial charge in [-0.3, -0.25) is 0 Å². The van der Waals surface area contributed by atoms with E-state index in [2.05, 4.69) is 67.3 Å². The third kappa shape index (κ3) is 10.5. The number of hydrogen-bond acceptors (Lipinski definition) is 5. The number of rotatable bonds is 15. The van der Waals surface area contributed by atoms with Crippen molar-refractivity contribution in [1.29, 1.82) is 0 Å². The van der Waals surface area contributed by atoms with Crippen molar-refractivity contribution < 1.29 is 22.6 Å². The predicted octanol–water partition coefficient (Wildman–Crippen LogP) is 8.05. The van der Waals surface area contributed by atoms with E-state index in [-0.39, 0.29) is 19.6 Å². The Morgan fingerprint density at radius 1 is 0.975 bits per heavy atom. The third-order valence-corrected chi connectivity index (χ3v) is 12.5. The monoisotopic (exact) mass is 667 g/mol. The van der Waals surface area contributed by atoms with Crippen LogP contribution in [0.1, 0.15) is 34.8 Å². The van der Waals surface area contributed by atoms with Gasteiger partial charge >= 0.3 is 0 Å². The molecule has 0 saturated carbocycles. The Bertz CT molecular complexity index is 1250. The standard InChI is InChI=1S/C30H46BrNO5SSi2/c1-24-21-26(37-30-14-13-27-28(30)9-8-10-29(27)31)12-11-25(24)15-18-38(33,34)32(22-35-16-19-39(2,3)4)23-36-17-20-40(5,6)7/h8-12,15,18,21,30H,13-14,16-17,19-20,22-23H2,1-7H3. The minimum absolute atomic E-state index is 0.0177. The van der Waals surface area contributed by atoms with Gasteiger partial charge in [0.1, 0.15) is 25.3 Å². The lowest BCUT2D eigenvalue weighted by molar-refractivity contribution is 0.00888. The maximum atomic E-state index is 13.3. The Balaban J connectivity index is 1.66. The molecule has 6 nitrogen and oxygen atoms in total. The van der Waals surface area contributed by atoms with Crippen LogP contribution in [0, 0.1) is 6.92 Å². The molecule has 0 saturated heterocycles. The fraction of sp³-hybridized carbons (Fsp3) is 0.533. The number of ether oxygens (including phenoxy) is 3. The van der Waals surface area contributed by atoms with Gasteiger partial charge in [-0.25, -0.2) is 8.42 Å². The Morgan fingerprint density at radius 2 is 1.60 bits per heavy atom. The van der Waals surface area contributed by atoms with Gasteiger partial charge < -0.3 is 14.2 Å². The topological polar surface area (TPSA) is 65.1 Å². The van der Waals surface area contributed by atoms with Gasteiger partial charge in [-0.1, -0.05) is 73.4 Å². The molecule has 0 N–H and O–H groups in total. The highest BCUT2D eigenvalue weighted by Crippen LogP contribution is 2.38. The van der Waals surface area contributed by atoms with Crippen LogP contribution in [-0.2, 0) is 25.9 Å². The molecule has 0 amide bonds. The summed E-state index contributed by atoms with van der Waals surface area (Å²) in [5.41, 5.74) is 4.30. The van der Waals surface area contributed by atoms with Gasteiger partial charge in [0.25, 0.3) is 0 Å². The van der Waals surface area contributed by atoms with Crippen LogP contribution in [-0.4, -0.2) is 55.5 Å². The van der Waals surface area contributed by atoms with Crippen LogP contribution in [0.2, 0.25) is 51.4 Å². The molecule has 2 aromatic rings. The quantitative estimate of drug-likeness (QED) is 0.109. The molecule has 222 valence electrons. The van der Waals surface area contributed by atoms with Crippen LogP contribution in [0.4, 0.5) is 0 Å². The van der Waals surface area contributed by atoms with Crippen molar-refractivity contribution in [1.82, 2.24) is 4.31 Å². The van der Waals surface area contributed by atoms with Gasteiger partial charge in [-0.05, 0) is 78.4 Å². The molecule has 10 heteroatoms. The molecule has 1 atom stereocenters. The number of hydrogen-bond donors (Lipinski definition) is 0. The zero-order valence-electron chi connectivity index (χ0n) is 25.1. The van der Waals surface area contributed by atoms with Crippen LogP contribution < -0.4 is 4.74 Å². The van der Waals surface area contributed by atoms with E-state index in [9.17, 15) is 8.42 Å². The third-order valence-electron chi connectivity index (χ3n) is 6.92. The molecule has 1 aliphatic carbocycles. The molecule has 3 rings (SSSR count). The van der Waals surface area contributed by atoms with Gasteiger partial charge in [0, 0.05) is 39.2 Å². The second-order valence-electron chi connectivity index (χ2n) is 13.0. The number of sulfonamides is 1. The average molecular weight is 669 g/mol. The lowest BCUT2D eigenvalue weighted by atomic mass is 10.1. The fourth-order valence-electron chi connectivity index (χ4n) is 4.29. The maximum Gasteiger partial charge on any atom is 0.240 e. The lowest BCUT2D eigenvalue weighted by Crippen LogP contribution is -2.35. The molecule has 1 unspecified atom stereocenters. The second-order valence-corrected chi connectivity index (χ2v) is 26.9. The number of benzene rings is 2. The fourth-order valence-corrected chi connectivity index (χ4v) is 7.31. The van der Waals surface area contributed by atoms with Crippen LogP contribution in [0.3, 0.4) is 0 Å². The predicted molar refractivity (Wildman–Crippen MR) is 175 cm³/mol. The Hall–Kier alpha value is -1.28. The SMILES string of the molecule is Cc1cc(OC2CCc3c(Br)cccc32)ccc1C=CS(=O)(=O)N(COCC[Si](C)(C)C)COCC[Si](C)(C)C. The number of halogens is 1. The first-order valence-electron chi connectivity index (χ1n) is 14.0. The lowest BCUT2D eigenvalue weighted by Gasteiger charge is -2.23. The summed E-state index contributed by atoms with van der Waals surface area (Å²) in [6.07, 6.45) is 3.59. The van der Waals surface area contributed by atoms with Crippen molar-refractivity contribution >= 4 is 48.2 Å². The highest BCUT2D eigenvalue weighted by Gasteiger charge is 2.26. The minimum atomic E-state index is -3.75. The number of fused-ring (bicyclic) bond motifs is 1. The Morgan fingerprint density at radius 3 is 2.17 bits per heavy atom. The summed E-state index contributed by atoms with van der Waals surface area (Å²) in [5, 5.41) is 1.25. The highest BCUT2D eigenvalue weighted by atomic mass is 79.9. The normalized spacial score (nSPS) is 16.2. The van der Waals surface area contributed by atoms with E-state index in [1.165, 1.54) is 20.8 Å². The molecule has 0 heterocycles. The first-order chi connectivity index (χ1) is 18.6. The molecule has 2 aromatic carbocycles. The number of aryl methyl sites for hydroxylation is 1. The molecule has 40 heavy (non-hydrogen) atoms. The van der Waals surface area contributed by atoms with Crippen molar-refractivity contribution in [3.05, 3.63) is 68.5 Å². The van der Waals surface area contributed by atoms with Gasteiger partial charge in [-0.15, -0.1) is 4.31 Å². The van der Waals surface area contributed by atoms with Gasteiger partial charge in [0.2, 0.25) is 10.0 Å². The van der Waals surface area contributed by atoms with Crippen LogP contribution in [0.5, 0.6) is 5.75 Å². The molecule has 1 aliphatic rings. The summed E-state index contributed by atoms with van der Waals surface area (Å²) in [5.74, 6) is 0.781. The molecular formula is C30H46BrNO5SSi2. The molecule has 0 fully saturated rings. The summed E-state index contributed by atoms with van der Waals surface area (Å²) in [7, 11) is -6.30. The van der Waals surface area contributed by atoms with Gasteiger partial charge in [-0.2, -0.15) is 0 Å². The van der Waals surface area contributed by atoms with Gasteiger partial charge in [0.15, 0.2) is 0 Å². The van der Waals surface area contributed by atoms with Crippen LogP contribution >= 0.6 is 15.9 Å². The van der Waals surface area contributed by atoms with E-state index in [0.717, 1.165) is 46.3 Å². The zero-order valence-corrected chi connectivity index (χ0v) is 29.5. The summed E-state index contributed by atoms with van der Waals surface area (Å²) in [4.78, 5) is 0.